The summed E-state index contributed by atoms with van der Waals surface area (Å²) in [5.74, 6) is -0.827. The molecule has 0 unspecified atom stereocenters. The minimum atomic E-state index is -3.67. The number of rotatable bonds is 8. The van der Waals surface area contributed by atoms with Gasteiger partial charge >= 0.3 is 0 Å². The Kier molecular flexibility index (Phi) is 11.1. The smallest absolute Gasteiger partial charge is 0.188 e. The molecule has 0 heterocycles. The van der Waals surface area contributed by atoms with Crippen LogP contribution in [0.2, 0.25) is 5.02 Å². The minimum absolute atomic E-state index is 0.0590. The Balaban J connectivity index is 0.000000246. The molecular weight excluding hydrogens is 678 g/mol. The van der Waals surface area contributed by atoms with Gasteiger partial charge in [0.2, 0.25) is 0 Å². The van der Waals surface area contributed by atoms with Crippen molar-refractivity contribution in [2.45, 2.75) is 44.9 Å². The highest BCUT2D eigenvalue weighted by Crippen LogP contribution is 2.27. The van der Waals surface area contributed by atoms with Crippen LogP contribution in [0.5, 0.6) is 0 Å². The quantitative estimate of drug-likeness (QED) is 0.205. The zero-order valence-electron chi connectivity index (χ0n) is 24.7. The molecule has 0 aliphatic rings. The van der Waals surface area contributed by atoms with E-state index in [1.54, 1.807) is 37.3 Å². The Morgan fingerprint density at radius 2 is 1.11 bits per heavy atom. The average Bonchev–Trinajstić information content (AvgIpc) is 2.93. The fourth-order valence-corrected chi connectivity index (χ4v) is 9.39. The molecule has 0 radical (unpaired) electrons. The first kappa shape index (κ1) is 35.9. The fraction of sp³-hybridized carbons (Fsp3) is 0.194. The summed E-state index contributed by atoms with van der Waals surface area (Å²) >= 11 is 5.82. The second kappa shape index (κ2) is 13.8. The maximum absolute atomic E-state index is 12.5. The summed E-state index contributed by atoms with van der Waals surface area (Å²) < 4.78 is 97.4. The van der Waals surface area contributed by atoms with Gasteiger partial charge in [-0.25, -0.2) is 38.5 Å². The largest absolute Gasteiger partial charge is 0.238 e. The highest BCUT2D eigenvalue weighted by molar-refractivity contribution is 7.92. The van der Waals surface area contributed by atoms with Crippen LogP contribution in [0, 0.1) is 20.4 Å². The lowest BCUT2D eigenvalue weighted by atomic mass is 10.2. The molecule has 0 fully saturated rings. The Morgan fingerprint density at radius 1 is 0.600 bits per heavy atom. The van der Waals surface area contributed by atoms with Crippen LogP contribution in [-0.2, 0) is 50.9 Å². The van der Waals surface area contributed by atoms with Crippen molar-refractivity contribution >= 4 is 56.6 Å². The molecule has 14 heteroatoms. The summed E-state index contributed by atoms with van der Waals surface area (Å²) in [5.41, 5.74) is 2.29. The van der Waals surface area contributed by atoms with Crippen LogP contribution in [0.4, 0.5) is 5.69 Å². The Labute approximate surface area is 270 Å². The maximum atomic E-state index is 12.5. The molecule has 238 valence electrons. The van der Waals surface area contributed by atoms with E-state index in [2.05, 4.69) is 4.85 Å². The molecule has 4 aromatic carbocycles. The Hall–Kier alpha value is -3.54. The number of benzene rings is 4. The standard InChI is InChI=1S/C16H15NO4S2.C15H15ClO4S2/c1-12-4-8-15(9-5-12)23(20,21)11-13-6-7-14(17-2)10-16(13)22(3,18)19;1-11-4-3-5-14(8-11)22(19,20)10-12-6-7-13(16)9-15(12)21(2,17)18/h4-10H,11H2,1,3H3;3-9H,10H2,1-2H3. The van der Waals surface area contributed by atoms with Gasteiger partial charge in [-0.3, -0.25) is 0 Å². The third-order valence-corrected chi connectivity index (χ3v) is 12.4. The summed E-state index contributed by atoms with van der Waals surface area (Å²) in [4.78, 5) is 3.31. The van der Waals surface area contributed by atoms with Gasteiger partial charge in [-0.05, 0) is 73.0 Å². The Morgan fingerprint density at radius 3 is 1.62 bits per heavy atom. The number of halogens is 1. The molecule has 0 amide bonds. The van der Waals surface area contributed by atoms with Gasteiger partial charge in [0, 0.05) is 17.5 Å². The van der Waals surface area contributed by atoms with E-state index in [4.69, 9.17) is 18.2 Å². The molecule has 0 aromatic heterocycles. The molecular formula is C31H30ClNO8S4. The van der Waals surface area contributed by atoms with Crippen LogP contribution < -0.4 is 0 Å². The van der Waals surface area contributed by atoms with Crippen LogP contribution in [0.3, 0.4) is 0 Å². The molecule has 0 saturated carbocycles. The van der Waals surface area contributed by atoms with E-state index >= 15 is 0 Å². The van der Waals surface area contributed by atoms with E-state index in [1.165, 1.54) is 54.6 Å². The van der Waals surface area contributed by atoms with E-state index in [0.29, 0.717) is 0 Å². The van der Waals surface area contributed by atoms with Crippen molar-refractivity contribution in [1.29, 1.82) is 0 Å². The lowest BCUT2D eigenvalue weighted by molar-refractivity contribution is 0.591. The number of hydrogen-bond donors (Lipinski definition) is 0. The van der Waals surface area contributed by atoms with E-state index < -0.39 is 50.9 Å². The molecule has 9 nitrogen and oxygen atoms in total. The van der Waals surface area contributed by atoms with Crippen molar-refractivity contribution in [2.24, 2.45) is 0 Å². The van der Waals surface area contributed by atoms with Crippen LogP contribution in [0.1, 0.15) is 22.3 Å². The molecule has 4 aromatic rings. The van der Waals surface area contributed by atoms with Crippen molar-refractivity contribution in [3.63, 3.8) is 0 Å². The third kappa shape index (κ3) is 9.72. The van der Waals surface area contributed by atoms with Gasteiger partial charge in [-0.2, -0.15) is 0 Å². The molecule has 4 rings (SSSR count). The molecule has 0 N–H and O–H groups in total. The number of nitrogens with zero attached hydrogens (tertiary/aromatic N) is 1. The number of sulfone groups is 4. The van der Waals surface area contributed by atoms with Crippen molar-refractivity contribution < 1.29 is 33.7 Å². The summed E-state index contributed by atoms with van der Waals surface area (Å²) in [7, 11) is -14.5. The van der Waals surface area contributed by atoms with Gasteiger partial charge in [-0.15, -0.1) is 0 Å². The SMILES string of the molecule is Cc1cccc(S(=O)(=O)Cc2ccc(Cl)cc2S(C)(=O)=O)c1.[C-]#[N+]c1ccc(CS(=O)(=O)c2ccc(C)cc2)c(S(C)(=O)=O)c1. The van der Waals surface area contributed by atoms with Crippen molar-refractivity contribution in [3.8, 4) is 0 Å². The first-order valence-electron chi connectivity index (χ1n) is 13.0. The topological polar surface area (TPSA) is 141 Å². The summed E-state index contributed by atoms with van der Waals surface area (Å²) in [6, 6.07) is 21.1. The molecule has 0 bridgehead atoms. The van der Waals surface area contributed by atoms with Crippen LogP contribution >= 0.6 is 11.6 Å². The van der Waals surface area contributed by atoms with Gasteiger partial charge < -0.3 is 0 Å². The average molecular weight is 708 g/mol. The normalized spacial score (nSPS) is 12.1. The Bertz CT molecular complexity index is 2220. The van der Waals surface area contributed by atoms with E-state index in [0.717, 1.165) is 23.6 Å². The third-order valence-electron chi connectivity index (χ3n) is 6.43. The van der Waals surface area contributed by atoms with Gasteiger partial charge in [-0.1, -0.05) is 59.6 Å². The van der Waals surface area contributed by atoms with Gasteiger partial charge in [0.1, 0.15) is 0 Å². The minimum Gasteiger partial charge on any atom is -0.238 e. The van der Waals surface area contributed by atoms with Gasteiger partial charge in [0.25, 0.3) is 0 Å². The van der Waals surface area contributed by atoms with E-state index in [9.17, 15) is 33.7 Å². The van der Waals surface area contributed by atoms with Crippen molar-refractivity contribution in [3.05, 3.63) is 124 Å². The first-order chi connectivity index (χ1) is 20.7. The highest BCUT2D eigenvalue weighted by atomic mass is 35.5. The number of hydrogen-bond acceptors (Lipinski definition) is 8. The summed E-state index contributed by atoms with van der Waals surface area (Å²) in [6.45, 7) is 10.6. The maximum Gasteiger partial charge on any atom is 0.188 e. The predicted octanol–water partition coefficient (Wildman–Crippen LogP) is 5.95. The fourth-order valence-electron chi connectivity index (χ4n) is 4.20. The summed E-state index contributed by atoms with van der Waals surface area (Å²) in [5, 5.41) is 0.247. The van der Waals surface area contributed by atoms with Crippen LogP contribution in [0.15, 0.2) is 105 Å². The van der Waals surface area contributed by atoms with Gasteiger partial charge in [0.15, 0.2) is 45.0 Å². The molecule has 0 atom stereocenters. The molecule has 0 aliphatic heterocycles. The second-order valence-corrected chi connectivity index (χ2v) is 18.7. The second-order valence-electron chi connectivity index (χ2n) is 10.3. The van der Waals surface area contributed by atoms with E-state index in [-0.39, 0.29) is 41.4 Å². The predicted molar refractivity (Wildman–Crippen MR) is 175 cm³/mol. The van der Waals surface area contributed by atoms with Crippen LogP contribution in [-0.4, -0.2) is 46.2 Å². The monoisotopic (exact) mass is 707 g/mol. The van der Waals surface area contributed by atoms with Gasteiger partial charge in [0.05, 0.1) is 37.7 Å². The lowest BCUT2D eigenvalue weighted by Gasteiger charge is -2.10. The molecule has 0 spiro atoms. The molecule has 0 aliphatic carbocycles. The van der Waals surface area contributed by atoms with Crippen LogP contribution in [0.25, 0.3) is 4.85 Å². The van der Waals surface area contributed by atoms with Crippen molar-refractivity contribution in [2.75, 3.05) is 12.5 Å². The molecule has 45 heavy (non-hydrogen) atoms. The molecule has 0 saturated heterocycles. The zero-order valence-corrected chi connectivity index (χ0v) is 28.7. The van der Waals surface area contributed by atoms with Crippen molar-refractivity contribution in [1.82, 2.24) is 0 Å². The zero-order chi connectivity index (χ0) is 33.8. The number of aryl methyl sites for hydroxylation is 2. The first-order valence-corrected chi connectivity index (χ1v) is 20.5. The highest BCUT2D eigenvalue weighted by Gasteiger charge is 2.23. The summed E-state index contributed by atoms with van der Waals surface area (Å²) in [6.07, 6.45) is 2.03. The van der Waals surface area contributed by atoms with E-state index in [1.807, 2.05) is 6.92 Å². The lowest BCUT2D eigenvalue weighted by Crippen LogP contribution is -2.09.